The Morgan fingerprint density at radius 2 is 1.06 bits per heavy atom. The standard InChI is InChI=1S/C38H69O10P/c1-3-5-7-9-11-13-15-16-17-18-20-21-23-25-27-29-37(41)45-33-36(34-47-49(43,44)46-32-35(40)31-39)48-38(42)30-28-26-24-22-19-14-12-10-8-6-4-2/h11,13,16-17,20-21,35-36,39-40H,3-10,12,14-15,18-19,22-34H2,1-2H3,(H,43,44)/b13-11+,17-16+,21-20+/t35-,36+/m0/s1. The van der Waals surface area contributed by atoms with E-state index >= 15 is 0 Å². The van der Waals surface area contributed by atoms with E-state index in [-0.39, 0.29) is 19.4 Å². The molecule has 0 amide bonds. The Balaban J connectivity index is 4.44. The maximum absolute atomic E-state index is 12.5. The van der Waals surface area contributed by atoms with Crippen molar-refractivity contribution in [3.63, 3.8) is 0 Å². The second-order valence-electron chi connectivity index (χ2n) is 12.6. The largest absolute Gasteiger partial charge is 0.472 e. The van der Waals surface area contributed by atoms with E-state index in [1.54, 1.807) is 0 Å². The van der Waals surface area contributed by atoms with Gasteiger partial charge in [-0.1, -0.05) is 127 Å². The molecular formula is C38H69O10P. The molecule has 0 bridgehead atoms. The maximum atomic E-state index is 12.5. The molecule has 0 rings (SSSR count). The lowest BCUT2D eigenvalue weighted by molar-refractivity contribution is -0.161. The summed E-state index contributed by atoms with van der Waals surface area (Å²) in [5.41, 5.74) is 0. The van der Waals surface area contributed by atoms with E-state index in [4.69, 9.17) is 19.1 Å². The first-order chi connectivity index (χ1) is 23.7. The fraction of sp³-hybridized carbons (Fsp3) is 0.789. The van der Waals surface area contributed by atoms with Crippen molar-refractivity contribution in [2.45, 2.75) is 167 Å². The molecule has 0 aliphatic rings. The van der Waals surface area contributed by atoms with Crippen LogP contribution in [0, 0.1) is 0 Å². The summed E-state index contributed by atoms with van der Waals surface area (Å²) in [5.74, 6) is -0.971. The molecule has 0 radical (unpaired) electrons. The number of hydrogen-bond donors (Lipinski definition) is 3. The van der Waals surface area contributed by atoms with Gasteiger partial charge in [-0.2, -0.15) is 0 Å². The topological polar surface area (TPSA) is 149 Å². The molecule has 3 N–H and O–H groups in total. The third-order valence-electron chi connectivity index (χ3n) is 7.80. The van der Waals surface area contributed by atoms with E-state index in [0.29, 0.717) is 12.8 Å². The predicted molar refractivity (Wildman–Crippen MR) is 196 cm³/mol. The van der Waals surface area contributed by atoms with Gasteiger partial charge in [0.05, 0.1) is 19.8 Å². The lowest BCUT2D eigenvalue weighted by Gasteiger charge is -2.20. The van der Waals surface area contributed by atoms with E-state index in [2.05, 4.69) is 54.8 Å². The average molecular weight is 717 g/mol. The molecule has 286 valence electrons. The minimum Gasteiger partial charge on any atom is -0.462 e. The Hall–Kier alpha value is -1.81. The second-order valence-corrected chi connectivity index (χ2v) is 14.1. The number of carbonyl (C=O) groups is 2. The predicted octanol–water partition coefficient (Wildman–Crippen LogP) is 9.22. The quantitative estimate of drug-likeness (QED) is 0.0251. The van der Waals surface area contributed by atoms with Gasteiger partial charge in [-0.25, -0.2) is 4.57 Å². The van der Waals surface area contributed by atoms with Crippen molar-refractivity contribution in [1.82, 2.24) is 0 Å². The molecule has 49 heavy (non-hydrogen) atoms. The summed E-state index contributed by atoms with van der Waals surface area (Å²) in [6.45, 7) is 2.28. The van der Waals surface area contributed by atoms with Crippen molar-refractivity contribution in [3.8, 4) is 0 Å². The number of aliphatic hydroxyl groups is 2. The van der Waals surface area contributed by atoms with Gasteiger partial charge in [-0.05, 0) is 51.4 Å². The third kappa shape index (κ3) is 34.4. The van der Waals surface area contributed by atoms with Crippen LogP contribution in [0.2, 0.25) is 0 Å². The van der Waals surface area contributed by atoms with Crippen LogP contribution < -0.4 is 0 Å². The molecule has 0 spiro atoms. The van der Waals surface area contributed by atoms with Gasteiger partial charge < -0.3 is 24.6 Å². The highest BCUT2D eigenvalue weighted by Gasteiger charge is 2.27. The van der Waals surface area contributed by atoms with Gasteiger partial charge in [0.15, 0.2) is 6.10 Å². The van der Waals surface area contributed by atoms with Crippen molar-refractivity contribution in [3.05, 3.63) is 36.5 Å². The van der Waals surface area contributed by atoms with Crippen LogP contribution in [0.4, 0.5) is 0 Å². The third-order valence-corrected chi connectivity index (χ3v) is 8.75. The number of rotatable bonds is 35. The molecule has 0 aromatic heterocycles. The van der Waals surface area contributed by atoms with E-state index in [0.717, 1.165) is 51.4 Å². The number of esters is 2. The minimum absolute atomic E-state index is 0.178. The zero-order valence-electron chi connectivity index (χ0n) is 30.7. The fourth-order valence-corrected chi connectivity index (χ4v) is 5.61. The first-order valence-electron chi connectivity index (χ1n) is 18.9. The van der Waals surface area contributed by atoms with Gasteiger partial charge in [0.1, 0.15) is 12.7 Å². The lowest BCUT2D eigenvalue weighted by Crippen LogP contribution is -2.29. The van der Waals surface area contributed by atoms with Gasteiger partial charge >= 0.3 is 19.8 Å². The second kappa shape index (κ2) is 34.6. The molecule has 0 fully saturated rings. The van der Waals surface area contributed by atoms with Gasteiger partial charge in [0.2, 0.25) is 0 Å². The number of ether oxygens (including phenoxy) is 2. The molecular weight excluding hydrogens is 647 g/mol. The maximum Gasteiger partial charge on any atom is 0.472 e. The number of unbranched alkanes of at least 4 members (excludes halogenated alkanes) is 15. The van der Waals surface area contributed by atoms with Crippen LogP contribution in [0.5, 0.6) is 0 Å². The van der Waals surface area contributed by atoms with Crippen LogP contribution >= 0.6 is 7.82 Å². The zero-order valence-corrected chi connectivity index (χ0v) is 31.5. The van der Waals surface area contributed by atoms with Gasteiger partial charge in [0.25, 0.3) is 0 Å². The molecule has 0 saturated heterocycles. The Morgan fingerprint density at radius 1 is 0.612 bits per heavy atom. The highest BCUT2D eigenvalue weighted by atomic mass is 31.2. The van der Waals surface area contributed by atoms with Crippen LogP contribution in [0.3, 0.4) is 0 Å². The lowest BCUT2D eigenvalue weighted by atomic mass is 10.1. The van der Waals surface area contributed by atoms with Crippen molar-refractivity contribution >= 4 is 19.8 Å². The first-order valence-corrected chi connectivity index (χ1v) is 20.4. The molecule has 3 atom stereocenters. The molecule has 0 saturated carbocycles. The summed E-state index contributed by atoms with van der Waals surface area (Å²) >= 11 is 0. The fourth-order valence-electron chi connectivity index (χ4n) is 4.82. The van der Waals surface area contributed by atoms with Gasteiger partial charge in [-0.3, -0.25) is 18.6 Å². The number of allylic oxidation sites excluding steroid dienone is 6. The smallest absolute Gasteiger partial charge is 0.462 e. The molecule has 0 aliphatic carbocycles. The average Bonchev–Trinajstić information content (AvgIpc) is 3.09. The number of carbonyl (C=O) groups excluding carboxylic acids is 2. The minimum atomic E-state index is -4.62. The number of phosphoric acid groups is 1. The highest BCUT2D eigenvalue weighted by Crippen LogP contribution is 2.43. The molecule has 0 aromatic carbocycles. The number of phosphoric ester groups is 1. The van der Waals surface area contributed by atoms with Crippen molar-refractivity contribution in [2.75, 3.05) is 26.4 Å². The Kier molecular flexibility index (Phi) is 33.4. The van der Waals surface area contributed by atoms with Crippen LogP contribution in [0.1, 0.15) is 155 Å². The van der Waals surface area contributed by atoms with E-state index < -0.39 is 51.8 Å². The van der Waals surface area contributed by atoms with Crippen molar-refractivity contribution in [2.24, 2.45) is 0 Å². The van der Waals surface area contributed by atoms with E-state index in [1.165, 1.54) is 64.2 Å². The van der Waals surface area contributed by atoms with Crippen LogP contribution in [-0.2, 0) is 32.7 Å². The SMILES string of the molecule is CCCCC/C=C/C/C=C/C/C=C/CCCCC(=O)OC[C@H](COP(=O)(O)OC[C@@H](O)CO)OC(=O)CCCCCCCCCCCCC. The van der Waals surface area contributed by atoms with E-state index in [1.807, 2.05) is 0 Å². The molecule has 1 unspecified atom stereocenters. The number of hydrogen-bond acceptors (Lipinski definition) is 9. The molecule has 0 aliphatic heterocycles. The Labute approximate surface area is 297 Å². The summed E-state index contributed by atoms with van der Waals surface area (Å²) in [5, 5.41) is 18.2. The summed E-state index contributed by atoms with van der Waals surface area (Å²) in [6.07, 6.45) is 32.6. The van der Waals surface area contributed by atoms with Crippen molar-refractivity contribution in [1.29, 1.82) is 0 Å². The summed E-state index contributed by atoms with van der Waals surface area (Å²) in [4.78, 5) is 34.8. The number of aliphatic hydroxyl groups excluding tert-OH is 2. The van der Waals surface area contributed by atoms with Crippen LogP contribution in [0.15, 0.2) is 36.5 Å². The Morgan fingerprint density at radius 3 is 1.63 bits per heavy atom. The molecule has 11 heteroatoms. The van der Waals surface area contributed by atoms with E-state index in [9.17, 15) is 24.2 Å². The Bertz CT molecular complexity index is 920. The zero-order chi connectivity index (χ0) is 36.3. The highest BCUT2D eigenvalue weighted by molar-refractivity contribution is 7.47. The normalized spacial score (nSPS) is 14.5. The summed E-state index contributed by atoms with van der Waals surface area (Å²) < 4.78 is 32.5. The monoisotopic (exact) mass is 716 g/mol. The summed E-state index contributed by atoms with van der Waals surface area (Å²) in [7, 11) is -4.62. The molecule has 0 aromatic rings. The van der Waals surface area contributed by atoms with Gasteiger partial charge in [0, 0.05) is 12.8 Å². The molecule has 10 nitrogen and oxygen atoms in total. The van der Waals surface area contributed by atoms with Crippen molar-refractivity contribution < 1.29 is 47.8 Å². The van der Waals surface area contributed by atoms with Crippen LogP contribution in [-0.4, -0.2) is 65.7 Å². The first kappa shape index (κ1) is 47.2. The summed E-state index contributed by atoms with van der Waals surface area (Å²) in [6, 6.07) is 0. The van der Waals surface area contributed by atoms with Gasteiger partial charge in [-0.15, -0.1) is 0 Å². The van der Waals surface area contributed by atoms with Crippen LogP contribution in [0.25, 0.3) is 0 Å². The molecule has 0 heterocycles.